The molecule has 0 aliphatic rings. The first kappa shape index (κ1) is 1.59. The van der Waals surface area contributed by atoms with Crippen LogP contribution in [0, 0.1) is 0 Å². The molecular formula is C4H6Br2. The molecule has 0 bridgehead atoms. The fraction of sp³-hybridized carbons (Fsp3) is 0.500. The lowest BCUT2D eigenvalue weighted by Gasteiger charge is -1.86. The third-order valence-electron chi connectivity index (χ3n) is 0.189. The smallest absolute Gasteiger partial charge is 0.0538 e. The Bertz CT molecular complexity index is 179. The van der Waals surface area contributed by atoms with E-state index in [2.05, 4.69) is 31.9 Å². The highest BCUT2D eigenvalue weighted by molar-refractivity contribution is 9.10. The highest BCUT2D eigenvalue weighted by Gasteiger charge is 1.81. The Morgan fingerprint density at radius 2 is 2.33 bits per heavy atom. The van der Waals surface area contributed by atoms with Gasteiger partial charge in [-0.25, -0.2) is 0 Å². The van der Waals surface area contributed by atoms with Crippen molar-refractivity contribution >= 4 is 31.9 Å². The van der Waals surface area contributed by atoms with E-state index in [1.54, 1.807) is 0 Å². The molecule has 0 aliphatic carbocycles. The highest BCUT2D eigenvalue weighted by atomic mass is 79.9. The molecule has 6 heavy (non-hydrogen) atoms. The normalized spacial score (nSPS) is 27.0. The first-order chi connectivity index (χ1) is 5.07. The molecule has 0 saturated carbocycles. The summed E-state index contributed by atoms with van der Waals surface area (Å²) in [7, 11) is 0. The van der Waals surface area contributed by atoms with E-state index < -0.39 is 22.7 Å². The van der Waals surface area contributed by atoms with E-state index in [0.29, 0.717) is 0 Å². The van der Waals surface area contributed by atoms with E-state index in [4.69, 9.17) is 8.22 Å². The molecule has 0 nitrogen and oxygen atoms in total. The second-order valence-electron chi connectivity index (χ2n) is 0.564. The number of allylic oxidation sites excluding steroid dienone is 1. The van der Waals surface area contributed by atoms with Gasteiger partial charge in [0.25, 0.3) is 0 Å². The van der Waals surface area contributed by atoms with Gasteiger partial charge in [0.1, 0.15) is 0 Å². The number of alkyl halides is 2. The zero-order chi connectivity index (χ0) is 10.2. The van der Waals surface area contributed by atoms with Gasteiger partial charge in [0.2, 0.25) is 0 Å². The minimum atomic E-state index is -2.18. The van der Waals surface area contributed by atoms with Gasteiger partial charge in [0, 0.05) is 16.0 Å². The summed E-state index contributed by atoms with van der Waals surface area (Å²) >= 11 is 5.09. The van der Waals surface area contributed by atoms with Gasteiger partial charge < -0.3 is 0 Å². The molecule has 0 aromatic rings. The van der Waals surface area contributed by atoms with Gasteiger partial charge in [-0.15, -0.1) is 0 Å². The largest absolute Gasteiger partial charge is 0.0982 e. The minimum absolute atomic E-state index is 0.588. The van der Waals surface area contributed by atoms with E-state index in [0.717, 1.165) is 0 Å². The van der Waals surface area contributed by atoms with Crippen molar-refractivity contribution in [1.29, 1.82) is 0 Å². The monoisotopic (exact) mass is 218 g/mol. The molecule has 0 radical (unpaired) electrons. The molecule has 0 saturated heterocycles. The van der Waals surface area contributed by atoms with Gasteiger partial charge in [0.05, 0.1) is 2.74 Å². The Balaban J connectivity index is 5.13. The average molecular weight is 220 g/mol. The van der Waals surface area contributed by atoms with Crippen molar-refractivity contribution in [2.75, 3.05) is 10.6 Å². The average Bonchev–Trinajstić information content (AvgIpc) is 1.49. The predicted molar refractivity (Wildman–Crippen MR) is 36.7 cm³/mol. The van der Waals surface area contributed by atoms with Crippen LogP contribution < -0.4 is 0 Å². The van der Waals surface area contributed by atoms with Gasteiger partial charge in [0.15, 0.2) is 0 Å². The molecule has 0 spiro atoms. The Labute approximate surface area is 63.3 Å². The molecular weight excluding hydrogens is 208 g/mol. The fourth-order valence-corrected chi connectivity index (χ4v) is 0.482. The minimum Gasteiger partial charge on any atom is -0.0982 e. The number of rotatable bonds is 2. The van der Waals surface area contributed by atoms with E-state index in [9.17, 15) is 0 Å². The lowest BCUT2D eigenvalue weighted by atomic mass is 10.4. The lowest BCUT2D eigenvalue weighted by Crippen LogP contribution is -1.78. The topological polar surface area (TPSA) is 0 Å². The molecule has 0 unspecified atom stereocenters. The Morgan fingerprint density at radius 3 is 2.33 bits per heavy atom. The van der Waals surface area contributed by atoms with Crippen LogP contribution in [-0.2, 0) is 0 Å². The van der Waals surface area contributed by atoms with Crippen LogP contribution in [0.2, 0.25) is 0 Å². The summed E-state index contributed by atoms with van der Waals surface area (Å²) in [5, 5.41) is -4.36. The van der Waals surface area contributed by atoms with Crippen LogP contribution >= 0.6 is 31.9 Å². The molecule has 0 atom stereocenters. The fourth-order valence-electron chi connectivity index (χ4n) is 0.0179. The summed E-state index contributed by atoms with van der Waals surface area (Å²) in [4.78, 5) is 0. The van der Waals surface area contributed by atoms with Crippen molar-refractivity contribution in [2.24, 2.45) is 0 Å². The van der Waals surface area contributed by atoms with Gasteiger partial charge in [-0.05, 0) is 0 Å². The zero-order valence-corrected chi connectivity index (χ0v) is 5.93. The summed E-state index contributed by atoms with van der Waals surface area (Å²) < 4.78 is 42.1. The number of hydrogen-bond donors (Lipinski definition) is 0. The number of hydrogen-bond acceptors (Lipinski definition) is 0. The van der Waals surface area contributed by atoms with Crippen molar-refractivity contribution in [3.8, 4) is 0 Å². The van der Waals surface area contributed by atoms with Crippen LogP contribution in [-0.4, -0.2) is 10.6 Å². The van der Waals surface area contributed by atoms with Gasteiger partial charge in [-0.2, -0.15) is 0 Å². The molecule has 0 fully saturated rings. The maximum Gasteiger partial charge on any atom is 0.0538 e. The quantitative estimate of drug-likeness (QED) is 0.494. The Morgan fingerprint density at radius 1 is 1.83 bits per heavy atom. The highest BCUT2D eigenvalue weighted by Crippen LogP contribution is 1.98. The molecule has 0 N–H and O–H groups in total. The predicted octanol–water partition coefficient (Wildman–Crippen LogP) is 2.33. The maximum atomic E-state index is 7.09. The van der Waals surface area contributed by atoms with Crippen LogP contribution in [0.4, 0.5) is 0 Å². The van der Waals surface area contributed by atoms with E-state index in [1.807, 2.05) is 0 Å². The summed E-state index contributed by atoms with van der Waals surface area (Å²) in [6.07, 6.45) is 0. The van der Waals surface area contributed by atoms with Gasteiger partial charge in [-0.1, -0.05) is 44.0 Å². The van der Waals surface area contributed by atoms with Crippen LogP contribution in [0.5, 0.6) is 0 Å². The maximum absolute atomic E-state index is 7.09. The zero-order valence-electron chi connectivity index (χ0n) is 8.76. The molecule has 2 heteroatoms. The van der Waals surface area contributed by atoms with Crippen molar-refractivity contribution in [3.63, 3.8) is 0 Å². The first-order valence-corrected chi connectivity index (χ1v) is 2.71. The van der Waals surface area contributed by atoms with Gasteiger partial charge in [-0.3, -0.25) is 0 Å². The molecule has 0 aliphatic heterocycles. The van der Waals surface area contributed by atoms with E-state index in [-0.39, 0.29) is 0 Å². The number of halogens is 2. The van der Waals surface area contributed by atoms with Gasteiger partial charge >= 0.3 is 0 Å². The summed E-state index contributed by atoms with van der Waals surface area (Å²) in [5.74, 6) is 0. The molecule has 0 rings (SSSR count). The molecule has 0 aromatic carbocycles. The second kappa shape index (κ2) is 3.88. The lowest BCUT2D eigenvalue weighted by molar-refractivity contribution is 1.49. The van der Waals surface area contributed by atoms with Crippen LogP contribution in [0.25, 0.3) is 0 Å². The van der Waals surface area contributed by atoms with E-state index in [1.165, 1.54) is 0 Å². The van der Waals surface area contributed by atoms with E-state index >= 15 is 0 Å². The molecule has 0 heterocycles. The standard InChI is InChI=1S/C4H6Br2/c1-4(2-5)3-6/h1-3H2/i1D2,2D2,3D2. The second-order valence-corrected chi connectivity index (χ2v) is 1.36. The van der Waals surface area contributed by atoms with Crippen molar-refractivity contribution in [1.82, 2.24) is 0 Å². The summed E-state index contributed by atoms with van der Waals surface area (Å²) in [5.41, 5.74) is -0.588. The van der Waals surface area contributed by atoms with Crippen LogP contribution in [0.3, 0.4) is 0 Å². The first-order valence-electron chi connectivity index (χ1n) is 4.13. The summed E-state index contributed by atoms with van der Waals surface area (Å²) in [6, 6.07) is 0. The Kier molecular flexibility index (Phi) is 1.03. The van der Waals surface area contributed by atoms with Crippen molar-refractivity contribution in [3.05, 3.63) is 12.1 Å². The molecule has 0 aromatic heterocycles. The van der Waals surface area contributed by atoms with Crippen molar-refractivity contribution < 1.29 is 8.22 Å². The third-order valence-corrected chi connectivity index (χ3v) is 0.982. The SMILES string of the molecule is [2H]C([2H])=C(C([2H])([2H])Br)C([2H])([2H])Br. The van der Waals surface area contributed by atoms with Crippen LogP contribution in [0.1, 0.15) is 8.22 Å². The molecule has 0 amide bonds. The third kappa shape index (κ3) is 2.91. The summed E-state index contributed by atoms with van der Waals surface area (Å²) in [6.45, 7) is -0.876. The Hall–Kier alpha value is 0.700. The van der Waals surface area contributed by atoms with Crippen LogP contribution in [0.15, 0.2) is 12.1 Å². The van der Waals surface area contributed by atoms with Crippen molar-refractivity contribution in [2.45, 2.75) is 0 Å². The molecule has 36 valence electrons.